The number of halogens is 3. The molecule has 2 rings (SSSR count). The summed E-state index contributed by atoms with van der Waals surface area (Å²) < 4.78 is 39.4. The number of carboxylic acids is 1. The number of rotatable bonds is 3. The third-order valence-electron chi connectivity index (χ3n) is 2.29. The molecule has 0 saturated carbocycles. The van der Waals surface area contributed by atoms with Gasteiger partial charge in [0.2, 0.25) is 0 Å². The van der Waals surface area contributed by atoms with E-state index in [0.717, 1.165) is 23.5 Å². The minimum atomic E-state index is -1.25. The van der Waals surface area contributed by atoms with Crippen molar-refractivity contribution in [1.82, 2.24) is 0 Å². The number of carboxylic acid groups (broad SMARTS) is 1. The van der Waals surface area contributed by atoms with E-state index in [9.17, 15) is 18.0 Å². The standard InChI is InChI=1S/C13H7F3O2S/c14-9-6-11(16)10(15)5-8(9)12-3-1-7(19-12)2-4-13(17)18/h1-6H,(H,17,18). The molecule has 0 aliphatic rings. The second-order valence-electron chi connectivity index (χ2n) is 3.62. The van der Waals surface area contributed by atoms with Gasteiger partial charge in [0, 0.05) is 27.5 Å². The van der Waals surface area contributed by atoms with E-state index in [1.165, 1.54) is 12.1 Å². The molecule has 1 heterocycles. The summed E-state index contributed by atoms with van der Waals surface area (Å²) in [5, 5.41) is 8.48. The predicted octanol–water partition coefficient (Wildman–Crippen LogP) is 3.93. The lowest BCUT2D eigenvalue weighted by Crippen LogP contribution is -1.89. The van der Waals surface area contributed by atoms with Gasteiger partial charge in [-0.3, -0.25) is 0 Å². The zero-order valence-electron chi connectivity index (χ0n) is 9.36. The van der Waals surface area contributed by atoms with E-state index in [0.29, 0.717) is 15.8 Å². The Kier molecular flexibility index (Phi) is 3.71. The van der Waals surface area contributed by atoms with Crippen LogP contribution in [0.5, 0.6) is 0 Å². The van der Waals surface area contributed by atoms with Gasteiger partial charge in [-0.2, -0.15) is 0 Å². The van der Waals surface area contributed by atoms with E-state index in [-0.39, 0.29) is 5.56 Å². The molecule has 0 fully saturated rings. The molecule has 1 N–H and O–H groups in total. The van der Waals surface area contributed by atoms with Crippen molar-refractivity contribution in [3.63, 3.8) is 0 Å². The third-order valence-corrected chi connectivity index (χ3v) is 3.38. The van der Waals surface area contributed by atoms with Crippen LogP contribution >= 0.6 is 11.3 Å². The van der Waals surface area contributed by atoms with Crippen LogP contribution in [0.15, 0.2) is 30.3 Å². The van der Waals surface area contributed by atoms with Crippen molar-refractivity contribution in [2.45, 2.75) is 0 Å². The number of thiophene rings is 1. The highest BCUT2D eigenvalue weighted by atomic mass is 32.1. The molecule has 0 amide bonds. The highest BCUT2D eigenvalue weighted by Crippen LogP contribution is 2.31. The predicted molar refractivity (Wildman–Crippen MR) is 66.3 cm³/mol. The number of benzene rings is 1. The Balaban J connectivity index is 2.38. The number of hydrogen-bond donors (Lipinski definition) is 1. The Hall–Kier alpha value is -2.08. The highest BCUT2D eigenvalue weighted by Gasteiger charge is 2.12. The Morgan fingerprint density at radius 3 is 2.47 bits per heavy atom. The van der Waals surface area contributed by atoms with Gasteiger partial charge >= 0.3 is 5.97 Å². The van der Waals surface area contributed by atoms with Crippen molar-refractivity contribution in [2.75, 3.05) is 0 Å². The molecule has 1 aromatic carbocycles. The third kappa shape index (κ3) is 3.03. The first-order valence-electron chi connectivity index (χ1n) is 5.13. The molecule has 0 saturated heterocycles. The maximum atomic E-state index is 13.5. The largest absolute Gasteiger partial charge is 0.478 e. The smallest absolute Gasteiger partial charge is 0.328 e. The Morgan fingerprint density at radius 2 is 1.79 bits per heavy atom. The average Bonchev–Trinajstić information content (AvgIpc) is 2.80. The SMILES string of the molecule is O=C(O)C=Cc1ccc(-c2cc(F)c(F)cc2F)s1. The van der Waals surface area contributed by atoms with Gasteiger partial charge in [-0.1, -0.05) is 0 Å². The summed E-state index contributed by atoms with van der Waals surface area (Å²) in [5.41, 5.74) is -0.0566. The molecule has 0 radical (unpaired) electrons. The van der Waals surface area contributed by atoms with Gasteiger partial charge in [-0.25, -0.2) is 18.0 Å². The molecular formula is C13H7F3O2S. The quantitative estimate of drug-likeness (QED) is 0.685. The topological polar surface area (TPSA) is 37.3 Å². The molecular weight excluding hydrogens is 277 g/mol. The Bertz CT molecular complexity index is 662. The Labute approximate surface area is 110 Å². The molecule has 0 bridgehead atoms. The molecule has 6 heteroatoms. The minimum absolute atomic E-state index is 0.0566. The van der Waals surface area contributed by atoms with Gasteiger partial charge < -0.3 is 5.11 Å². The van der Waals surface area contributed by atoms with Crippen LogP contribution in [0.3, 0.4) is 0 Å². The molecule has 2 aromatic rings. The fourth-order valence-electron chi connectivity index (χ4n) is 1.45. The van der Waals surface area contributed by atoms with Crippen LogP contribution in [0.2, 0.25) is 0 Å². The van der Waals surface area contributed by atoms with Gasteiger partial charge in [-0.05, 0) is 24.3 Å². The number of aliphatic carboxylic acids is 1. The van der Waals surface area contributed by atoms with Crippen LogP contribution in [-0.2, 0) is 4.79 Å². The van der Waals surface area contributed by atoms with Crippen molar-refractivity contribution >= 4 is 23.4 Å². The first-order chi connectivity index (χ1) is 8.97. The molecule has 0 aliphatic carbocycles. The van der Waals surface area contributed by atoms with Crippen LogP contribution in [0.25, 0.3) is 16.5 Å². The van der Waals surface area contributed by atoms with E-state index in [4.69, 9.17) is 5.11 Å². The summed E-state index contributed by atoms with van der Waals surface area (Å²) in [6, 6.07) is 4.35. The fourth-order valence-corrected chi connectivity index (χ4v) is 2.38. The minimum Gasteiger partial charge on any atom is -0.478 e. The zero-order valence-corrected chi connectivity index (χ0v) is 10.2. The second kappa shape index (κ2) is 5.27. The van der Waals surface area contributed by atoms with Crippen LogP contribution in [0.1, 0.15) is 4.88 Å². The van der Waals surface area contributed by atoms with E-state index in [2.05, 4.69) is 0 Å². The maximum Gasteiger partial charge on any atom is 0.328 e. The fraction of sp³-hybridized carbons (Fsp3) is 0. The summed E-state index contributed by atoms with van der Waals surface area (Å²) in [7, 11) is 0. The summed E-state index contributed by atoms with van der Waals surface area (Å²) >= 11 is 1.08. The van der Waals surface area contributed by atoms with Crippen molar-refractivity contribution < 1.29 is 23.1 Å². The van der Waals surface area contributed by atoms with Crippen LogP contribution in [-0.4, -0.2) is 11.1 Å². The second-order valence-corrected chi connectivity index (χ2v) is 4.74. The summed E-state index contributed by atoms with van der Waals surface area (Å²) in [4.78, 5) is 11.3. The van der Waals surface area contributed by atoms with Gasteiger partial charge in [0.25, 0.3) is 0 Å². The van der Waals surface area contributed by atoms with Crippen molar-refractivity contribution in [3.8, 4) is 10.4 Å². The highest BCUT2D eigenvalue weighted by molar-refractivity contribution is 7.16. The zero-order chi connectivity index (χ0) is 14.0. The van der Waals surface area contributed by atoms with Crippen molar-refractivity contribution in [3.05, 3.63) is 52.7 Å². The lowest BCUT2D eigenvalue weighted by Gasteiger charge is -2.01. The molecule has 19 heavy (non-hydrogen) atoms. The van der Waals surface area contributed by atoms with E-state index in [1.54, 1.807) is 6.07 Å². The first kappa shape index (κ1) is 13.4. The Morgan fingerprint density at radius 1 is 1.11 bits per heavy atom. The van der Waals surface area contributed by atoms with Crippen LogP contribution < -0.4 is 0 Å². The van der Waals surface area contributed by atoms with E-state index < -0.39 is 23.4 Å². The van der Waals surface area contributed by atoms with Gasteiger partial charge in [0.1, 0.15) is 5.82 Å². The van der Waals surface area contributed by atoms with E-state index in [1.807, 2.05) is 0 Å². The average molecular weight is 284 g/mol. The van der Waals surface area contributed by atoms with Crippen LogP contribution in [0, 0.1) is 17.5 Å². The molecule has 0 aliphatic heterocycles. The van der Waals surface area contributed by atoms with Crippen LogP contribution in [0.4, 0.5) is 13.2 Å². The molecule has 0 atom stereocenters. The lowest BCUT2D eigenvalue weighted by atomic mass is 10.1. The number of carbonyl (C=O) groups is 1. The molecule has 2 nitrogen and oxygen atoms in total. The first-order valence-corrected chi connectivity index (χ1v) is 5.95. The summed E-state index contributed by atoms with van der Waals surface area (Å²) in [6.45, 7) is 0. The molecule has 1 aromatic heterocycles. The van der Waals surface area contributed by atoms with E-state index >= 15 is 0 Å². The lowest BCUT2D eigenvalue weighted by molar-refractivity contribution is -0.131. The van der Waals surface area contributed by atoms with Gasteiger partial charge in [-0.15, -0.1) is 11.3 Å². The summed E-state index contributed by atoms with van der Waals surface area (Å²) in [6.07, 6.45) is 2.28. The maximum absolute atomic E-state index is 13.5. The van der Waals surface area contributed by atoms with Crippen molar-refractivity contribution in [1.29, 1.82) is 0 Å². The monoisotopic (exact) mass is 284 g/mol. The normalized spacial score (nSPS) is 11.1. The van der Waals surface area contributed by atoms with Crippen molar-refractivity contribution in [2.24, 2.45) is 0 Å². The molecule has 0 unspecified atom stereocenters. The summed E-state index contributed by atoms with van der Waals surface area (Å²) in [5.74, 6) is -4.35. The molecule has 98 valence electrons. The molecule has 0 spiro atoms. The number of hydrogen-bond acceptors (Lipinski definition) is 2. The van der Waals surface area contributed by atoms with Gasteiger partial charge in [0.05, 0.1) is 0 Å². The van der Waals surface area contributed by atoms with Gasteiger partial charge in [0.15, 0.2) is 11.6 Å².